The van der Waals surface area contributed by atoms with Gasteiger partial charge < -0.3 is 14.2 Å². The number of nitrogens with zero attached hydrogens (tertiary/aromatic N) is 4. The van der Waals surface area contributed by atoms with Crippen molar-refractivity contribution in [3.63, 3.8) is 0 Å². The van der Waals surface area contributed by atoms with E-state index >= 15 is 0 Å². The van der Waals surface area contributed by atoms with Crippen LogP contribution in [0.4, 0.5) is 8.78 Å². The summed E-state index contributed by atoms with van der Waals surface area (Å²) in [5.74, 6) is 0.0224. The molecule has 0 aliphatic heterocycles. The molecule has 0 N–H and O–H groups in total. The van der Waals surface area contributed by atoms with E-state index in [0.29, 0.717) is 17.9 Å². The van der Waals surface area contributed by atoms with Crippen LogP contribution in [0.25, 0.3) is 11.3 Å². The number of carbonyl (C=O) groups excluding carboxylic acids is 1. The Hall–Kier alpha value is -3.29. The fourth-order valence-corrected chi connectivity index (χ4v) is 3.47. The lowest BCUT2D eigenvalue weighted by molar-refractivity contribution is -0.0498. The van der Waals surface area contributed by atoms with Gasteiger partial charge in [0.25, 0.3) is 5.91 Å². The van der Waals surface area contributed by atoms with Crippen molar-refractivity contribution in [3.8, 4) is 17.0 Å². The fraction of sp³-hybridized carbons (Fsp3) is 0.318. The highest BCUT2D eigenvalue weighted by molar-refractivity contribution is 5.92. The molecular weight excluding hydrogens is 390 g/mol. The third kappa shape index (κ3) is 4.48. The summed E-state index contributed by atoms with van der Waals surface area (Å²) in [5.41, 5.74) is 2.87. The number of aromatic nitrogens is 3. The maximum Gasteiger partial charge on any atom is 0.387 e. The Morgan fingerprint density at radius 2 is 2.00 bits per heavy atom. The van der Waals surface area contributed by atoms with Crippen molar-refractivity contribution in [2.45, 2.75) is 38.5 Å². The fourth-order valence-electron chi connectivity index (χ4n) is 3.47. The highest BCUT2D eigenvalue weighted by atomic mass is 19.3. The average molecular weight is 412 g/mol. The molecule has 1 amide bonds. The zero-order valence-corrected chi connectivity index (χ0v) is 16.5. The van der Waals surface area contributed by atoms with E-state index in [1.54, 1.807) is 35.4 Å². The molecule has 8 heteroatoms. The topological polar surface area (TPSA) is 60.2 Å². The van der Waals surface area contributed by atoms with Gasteiger partial charge in [0, 0.05) is 37.6 Å². The largest absolute Gasteiger partial charge is 0.435 e. The first kappa shape index (κ1) is 20.0. The van der Waals surface area contributed by atoms with Gasteiger partial charge in [0.05, 0.1) is 12.0 Å². The first-order valence-corrected chi connectivity index (χ1v) is 9.79. The van der Waals surface area contributed by atoms with E-state index in [2.05, 4.69) is 14.7 Å². The highest BCUT2D eigenvalue weighted by Gasteiger charge is 2.30. The Morgan fingerprint density at radius 1 is 1.23 bits per heavy atom. The minimum Gasteiger partial charge on any atom is -0.435 e. The molecule has 0 atom stereocenters. The Kier molecular flexibility index (Phi) is 5.74. The number of halogens is 2. The van der Waals surface area contributed by atoms with Gasteiger partial charge in [-0.05, 0) is 61.2 Å². The number of carbonyl (C=O) groups is 1. The first-order valence-electron chi connectivity index (χ1n) is 9.79. The molecule has 1 aromatic carbocycles. The van der Waals surface area contributed by atoms with Crippen molar-refractivity contribution in [2.75, 3.05) is 0 Å². The van der Waals surface area contributed by atoms with Gasteiger partial charge in [-0.25, -0.2) is 4.98 Å². The summed E-state index contributed by atoms with van der Waals surface area (Å²) < 4.78 is 30.8. The standard InChI is InChI=1S/C22H22F2N4O2/c1-27-13-20(26-14-27)21(29)28(17-3-2-4-17)12-15-9-10-25-19(11-15)16-5-7-18(8-6-16)30-22(23)24/h5-11,13-14,17,22H,2-4,12H2,1H3. The Labute approximate surface area is 173 Å². The predicted octanol–water partition coefficient (Wildman–Crippen LogP) is 4.28. The lowest BCUT2D eigenvalue weighted by Crippen LogP contribution is -2.43. The number of aryl methyl sites for hydroxylation is 1. The maximum absolute atomic E-state index is 13.0. The van der Waals surface area contributed by atoms with E-state index in [1.807, 2.05) is 24.1 Å². The zero-order valence-electron chi connectivity index (χ0n) is 16.5. The molecule has 1 fully saturated rings. The minimum absolute atomic E-state index is 0.0767. The van der Waals surface area contributed by atoms with Gasteiger partial charge in [0.2, 0.25) is 0 Å². The molecule has 0 unspecified atom stereocenters. The predicted molar refractivity (Wildman–Crippen MR) is 107 cm³/mol. The molecule has 30 heavy (non-hydrogen) atoms. The summed E-state index contributed by atoms with van der Waals surface area (Å²) in [5, 5.41) is 0. The van der Waals surface area contributed by atoms with E-state index in [0.717, 1.165) is 30.4 Å². The van der Waals surface area contributed by atoms with Gasteiger partial charge in [0.1, 0.15) is 11.4 Å². The smallest absolute Gasteiger partial charge is 0.387 e. The molecule has 1 aliphatic rings. The third-order valence-corrected chi connectivity index (χ3v) is 5.25. The van der Waals surface area contributed by atoms with Crippen molar-refractivity contribution in [3.05, 3.63) is 66.4 Å². The van der Waals surface area contributed by atoms with Crippen LogP contribution in [0.15, 0.2) is 55.1 Å². The summed E-state index contributed by atoms with van der Waals surface area (Å²) in [6, 6.07) is 10.4. The summed E-state index contributed by atoms with van der Waals surface area (Å²) in [7, 11) is 1.84. The lowest BCUT2D eigenvalue weighted by atomic mass is 9.90. The number of imidazole rings is 1. The van der Waals surface area contributed by atoms with Crippen LogP contribution in [-0.4, -0.2) is 38.0 Å². The van der Waals surface area contributed by atoms with Crippen molar-refractivity contribution in [1.82, 2.24) is 19.4 Å². The van der Waals surface area contributed by atoms with Gasteiger partial charge in [-0.3, -0.25) is 9.78 Å². The van der Waals surface area contributed by atoms with E-state index in [1.165, 1.54) is 12.1 Å². The molecule has 1 aliphatic carbocycles. The normalized spacial score (nSPS) is 13.9. The molecule has 0 spiro atoms. The zero-order chi connectivity index (χ0) is 21.1. The molecular formula is C22H22F2N4O2. The van der Waals surface area contributed by atoms with Gasteiger partial charge in [0.15, 0.2) is 0 Å². The SMILES string of the molecule is Cn1cnc(C(=O)N(Cc2ccnc(-c3ccc(OC(F)F)cc3)c2)C2CCC2)c1. The number of hydrogen-bond acceptors (Lipinski definition) is 4. The van der Waals surface area contributed by atoms with E-state index < -0.39 is 6.61 Å². The van der Waals surface area contributed by atoms with Crippen molar-refractivity contribution >= 4 is 5.91 Å². The second-order valence-corrected chi connectivity index (χ2v) is 7.39. The maximum atomic E-state index is 13.0. The number of alkyl halides is 2. The van der Waals surface area contributed by atoms with Gasteiger partial charge >= 0.3 is 6.61 Å². The van der Waals surface area contributed by atoms with Crippen molar-refractivity contribution in [1.29, 1.82) is 0 Å². The van der Waals surface area contributed by atoms with Crippen LogP contribution in [0, 0.1) is 0 Å². The van der Waals surface area contributed by atoms with Crippen LogP contribution in [0.2, 0.25) is 0 Å². The Bertz CT molecular complexity index is 1020. The number of hydrogen-bond donors (Lipinski definition) is 0. The molecule has 1 saturated carbocycles. The molecule has 0 radical (unpaired) electrons. The number of pyridine rings is 1. The quantitative estimate of drug-likeness (QED) is 0.581. The molecule has 2 aromatic heterocycles. The molecule has 2 heterocycles. The summed E-state index contributed by atoms with van der Waals surface area (Å²) in [6.45, 7) is -2.39. The van der Waals surface area contributed by atoms with E-state index in [9.17, 15) is 13.6 Å². The molecule has 0 bridgehead atoms. The van der Waals surface area contributed by atoms with Crippen LogP contribution < -0.4 is 4.74 Å². The van der Waals surface area contributed by atoms with Crippen LogP contribution in [0.1, 0.15) is 35.3 Å². The summed E-state index contributed by atoms with van der Waals surface area (Å²) >= 11 is 0. The van der Waals surface area contributed by atoms with Gasteiger partial charge in [-0.2, -0.15) is 8.78 Å². The van der Waals surface area contributed by atoms with Crippen molar-refractivity contribution in [2.24, 2.45) is 7.05 Å². The van der Waals surface area contributed by atoms with Crippen LogP contribution in [0.5, 0.6) is 5.75 Å². The number of ether oxygens (including phenoxy) is 1. The monoisotopic (exact) mass is 412 g/mol. The van der Waals surface area contributed by atoms with Gasteiger partial charge in [-0.1, -0.05) is 0 Å². The van der Waals surface area contributed by atoms with Crippen molar-refractivity contribution < 1.29 is 18.3 Å². The summed E-state index contributed by atoms with van der Waals surface area (Å²) in [4.78, 5) is 23.5. The Morgan fingerprint density at radius 3 is 2.60 bits per heavy atom. The highest BCUT2D eigenvalue weighted by Crippen LogP contribution is 2.28. The molecule has 3 aromatic rings. The van der Waals surface area contributed by atoms with Crippen LogP contribution in [0.3, 0.4) is 0 Å². The molecule has 6 nitrogen and oxygen atoms in total. The van der Waals surface area contributed by atoms with E-state index in [-0.39, 0.29) is 17.7 Å². The second kappa shape index (κ2) is 8.61. The van der Waals surface area contributed by atoms with Crippen LogP contribution >= 0.6 is 0 Å². The third-order valence-electron chi connectivity index (χ3n) is 5.25. The minimum atomic E-state index is -2.86. The molecule has 4 rings (SSSR count). The average Bonchev–Trinajstić information content (AvgIpc) is 3.12. The Balaban J connectivity index is 1.54. The first-order chi connectivity index (χ1) is 14.5. The van der Waals surface area contributed by atoms with Crippen LogP contribution in [-0.2, 0) is 13.6 Å². The molecule has 156 valence electrons. The number of benzene rings is 1. The van der Waals surface area contributed by atoms with Gasteiger partial charge in [-0.15, -0.1) is 0 Å². The number of rotatable bonds is 7. The summed E-state index contributed by atoms with van der Waals surface area (Å²) in [6.07, 6.45) is 8.14. The second-order valence-electron chi connectivity index (χ2n) is 7.39. The lowest BCUT2D eigenvalue weighted by Gasteiger charge is -2.37. The van der Waals surface area contributed by atoms with E-state index in [4.69, 9.17) is 0 Å². The molecule has 0 saturated heterocycles. The number of amides is 1.